The van der Waals surface area contributed by atoms with E-state index in [4.69, 9.17) is 25.2 Å². The van der Waals surface area contributed by atoms with Crippen molar-refractivity contribution in [2.75, 3.05) is 0 Å². The predicted molar refractivity (Wildman–Crippen MR) is 10.2 cm³/mol. The van der Waals surface area contributed by atoms with Crippen LogP contribution in [0.2, 0.25) is 0 Å². The summed E-state index contributed by atoms with van der Waals surface area (Å²) in [5.41, 5.74) is 0. The molecule has 54 valence electrons. The van der Waals surface area contributed by atoms with Crippen molar-refractivity contribution in [2.24, 2.45) is 0 Å². The Morgan fingerprint density at radius 3 is 0.778 bits per heavy atom. The van der Waals surface area contributed by atoms with E-state index in [-0.39, 0.29) is 48.9 Å². The normalized spacial score (nSPS) is 8.00. The molecule has 9 heteroatoms. The van der Waals surface area contributed by atoms with Crippen molar-refractivity contribution < 1.29 is 54.8 Å². The summed E-state index contributed by atoms with van der Waals surface area (Å²) in [6.07, 6.45) is 0. The minimum Gasteiger partial charge on any atom is -0.372 e. The zero-order valence-corrected chi connectivity index (χ0v) is 11.6. The van der Waals surface area contributed by atoms with E-state index in [9.17, 15) is 0 Å². The van der Waals surface area contributed by atoms with Crippen LogP contribution in [0.1, 0.15) is 0 Å². The summed E-state index contributed by atoms with van der Waals surface area (Å²) in [6.45, 7) is 0. The Bertz CT molecular complexity index is 26.5. The SMILES string of the molecule is [Ba].[O-][Br+2]([O-])O.[O-][Br+2]([O-])O. The quantitative estimate of drug-likeness (QED) is 0.392. The molecular weight excluding hydrogens is 393 g/mol. The van der Waals surface area contributed by atoms with Gasteiger partial charge in [-0.2, -0.15) is 0 Å². The fraction of sp³-hybridized carbons (Fsp3) is 0. The molecule has 0 aromatic heterocycles. The van der Waals surface area contributed by atoms with E-state index in [1.165, 1.54) is 0 Å². The maximum absolute atomic E-state index is 8.63. The van der Waals surface area contributed by atoms with Crippen LogP contribution in [0.4, 0.5) is 0 Å². The molecule has 0 unspecified atom stereocenters. The monoisotopic (exact) mass is 394 g/mol. The minimum absolute atomic E-state index is 0. The van der Waals surface area contributed by atoms with Crippen LogP contribution in [0.15, 0.2) is 0 Å². The van der Waals surface area contributed by atoms with Gasteiger partial charge in [-0.15, -0.1) is 0 Å². The zero-order valence-electron chi connectivity index (χ0n) is 3.99. The van der Waals surface area contributed by atoms with Crippen LogP contribution in [0.3, 0.4) is 0 Å². The first-order valence-electron chi connectivity index (χ1n) is 0.955. The Morgan fingerprint density at radius 1 is 0.778 bits per heavy atom. The molecule has 2 N–H and O–H groups in total. The second-order valence-corrected chi connectivity index (χ2v) is 2.09. The van der Waals surface area contributed by atoms with E-state index < -0.39 is 29.6 Å². The summed E-state index contributed by atoms with van der Waals surface area (Å²) >= 11 is -6.79. The van der Waals surface area contributed by atoms with Crippen molar-refractivity contribution in [1.29, 1.82) is 0 Å². The topological polar surface area (TPSA) is 133 Å². The molecular formula is H2BaBr2O6. The molecule has 0 aliphatic rings. The Balaban J connectivity index is -0.0000000720. The van der Waals surface area contributed by atoms with Crippen molar-refractivity contribution in [1.82, 2.24) is 0 Å². The summed E-state index contributed by atoms with van der Waals surface area (Å²) in [5, 5.41) is 0. The summed E-state index contributed by atoms with van der Waals surface area (Å²) < 4.78 is 48.6. The third kappa shape index (κ3) is 135. The van der Waals surface area contributed by atoms with Gasteiger partial charge in [0.15, 0.2) is 0 Å². The summed E-state index contributed by atoms with van der Waals surface area (Å²) in [7, 11) is 0. The van der Waals surface area contributed by atoms with Crippen molar-refractivity contribution in [2.45, 2.75) is 0 Å². The molecule has 6 nitrogen and oxygen atoms in total. The molecule has 9 heavy (non-hydrogen) atoms. The first-order valence-corrected chi connectivity index (χ1v) is 4.96. The maximum atomic E-state index is 8.63. The second kappa shape index (κ2) is 12.9. The molecule has 0 fully saturated rings. The molecule has 0 aliphatic heterocycles. The summed E-state index contributed by atoms with van der Waals surface area (Å²) in [4.78, 5) is 0. The number of rotatable bonds is 0. The van der Waals surface area contributed by atoms with Crippen molar-refractivity contribution >= 4 is 48.9 Å². The van der Waals surface area contributed by atoms with E-state index in [1.807, 2.05) is 0 Å². The van der Waals surface area contributed by atoms with Crippen LogP contribution in [0.25, 0.3) is 0 Å². The van der Waals surface area contributed by atoms with Crippen molar-refractivity contribution in [3.8, 4) is 0 Å². The fourth-order valence-corrected chi connectivity index (χ4v) is 0. The Labute approximate surface area is 102 Å². The van der Waals surface area contributed by atoms with E-state index in [0.717, 1.165) is 0 Å². The molecule has 0 heterocycles. The molecule has 2 radical (unpaired) electrons. The van der Waals surface area contributed by atoms with Crippen molar-refractivity contribution in [3.05, 3.63) is 0 Å². The van der Waals surface area contributed by atoms with Gasteiger partial charge in [-0.05, 0) is 8.40 Å². The fourth-order valence-electron chi connectivity index (χ4n) is 0. The van der Waals surface area contributed by atoms with Crippen LogP contribution >= 0.6 is 0 Å². The van der Waals surface area contributed by atoms with Gasteiger partial charge in [-0.25, -0.2) is 0 Å². The number of halogens is 2. The maximum Gasteiger partial charge on any atom is 0.433 e. The number of hydrogen-bond acceptors (Lipinski definition) is 6. The van der Waals surface area contributed by atoms with Gasteiger partial charge in [0.05, 0.1) is 0 Å². The summed E-state index contributed by atoms with van der Waals surface area (Å²) in [6, 6.07) is 0. The largest absolute Gasteiger partial charge is 0.433 e. The van der Waals surface area contributed by atoms with Gasteiger partial charge in [0.1, 0.15) is 0 Å². The molecule has 0 saturated carbocycles. The zero-order chi connectivity index (χ0) is 7.15. The van der Waals surface area contributed by atoms with Crippen LogP contribution in [-0.4, -0.2) is 57.3 Å². The molecule has 0 spiro atoms. The first-order chi connectivity index (χ1) is 3.46. The van der Waals surface area contributed by atoms with E-state index in [2.05, 4.69) is 0 Å². The van der Waals surface area contributed by atoms with Crippen LogP contribution in [-0.2, 0) is 0 Å². The molecule has 0 aromatic rings. The second-order valence-electron chi connectivity index (χ2n) is 0.402. The van der Waals surface area contributed by atoms with Gasteiger partial charge in [-0.1, -0.05) is 0 Å². The number of hydrogen-bond donors (Lipinski definition) is 2. The molecule has 0 saturated heterocycles. The van der Waals surface area contributed by atoms with Gasteiger partial charge in [-0.3, -0.25) is 0 Å². The van der Waals surface area contributed by atoms with Gasteiger partial charge >= 0.3 is 29.6 Å². The predicted octanol–water partition coefficient (Wildman–Crippen LogP) is -6.25. The van der Waals surface area contributed by atoms with Crippen LogP contribution in [0.5, 0.6) is 0 Å². The van der Waals surface area contributed by atoms with E-state index >= 15 is 0 Å². The smallest absolute Gasteiger partial charge is 0.372 e. The van der Waals surface area contributed by atoms with Gasteiger partial charge in [0.25, 0.3) is 0 Å². The van der Waals surface area contributed by atoms with Gasteiger partial charge in [0.2, 0.25) is 0 Å². The Hall–Kier alpha value is 2.29. The standard InChI is InChI=1S/Ba.2BrHO3/c;2*2-1(3)4/h;2*2H. The molecule has 0 rings (SSSR count). The molecule has 0 aliphatic carbocycles. The Kier molecular flexibility index (Phi) is 25.0. The minimum atomic E-state index is -3.40. The van der Waals surface area contributed by atoms with E-state index in [0.29, 0.717) is 0 Å². The third-order valence-corrected chi connectivity index (χ3v) is 0. The molecule has 0 aromatic carbocycles. The first kappa shape index (κ1) is 17.4. The van der Waals surface area contributed by atoms with Crippen molar-refractivity contribution in [3.63, 3.8) is 0 Å². The van der Waals surface area contributed by atoms with Crippen LogP contribution < -0.4 is 16.8 Å². The Morgan fingerprint density at radius 2 is 0.778 bits per heavy atom. The average Bonchev–Trinajstić information content (AvgIpc) is 1.25. The van der Waals surface area contributed by atoms with Crippen LogP contribution in [0, 0.1) is 29.6 Å². The van der Waals surface area contributed by atoms with Gasteiger partial charge in [0, 0.05) is 48.9 Å². The third-order valence-electron chi connectivity index (χ3n) is 0. The summed E-state index contributed by atoms with van der Waals surface area (Å²) in [5.74, 6) is 0. The molecule has 0 amide bonds. The molecule has 0 atom stereocenters. The van der Waals surface area contributed by atoms with Gasteiger partial charge < -0.3 is 16.8 Å². The molecule has 0 bridgehead atoms. The average molecular weight is 395 g/mol. The van der Waals surface area contributed by atoms with E-state index in [1.54, 1.807) is 0 Å².